The van der Waals surface area contributed by atoms with Gasteiger partial charge in [0.25, 0.3) is 5.82 Å². The first kappa shape index (κ1) is 14.1. The summed E-state index contributed by atoms with van der Waals surface area (Å²) in [7, 11) is 0. The fourth-order valence-corrected chi connectivity index (χ4v) is 1.12. The van der Waals surface area contributed by atoms with Crippen molar-refractivity contribution < 1.29 is 14.5 Å². The van der Waals surface area contributed by atoms with E-state index in [1.807, 2.05) is 0 Å². The van der Waals surface area contributed by atoms with Crippen LogP contribution >= 0.6 is 0 Å². The second kappa shape index (κ2) is 5.11. The number of carbonyl (C=O) groups is 2. The molecule has 12 heteroatoms. The molecule has 0 bridgehead atoms. The smallest absolute Gasteiger partial charge is 0.358 e. The molecule has 0 aliphatic rings. The summed E-state index contributed by atoms with van der Waals surface area (Å²) >= 11 is 0. The fraction of sp³-hybridized carbons (Fsp3) is 0. The van der Waals surface area contributed by atoms with Crippen molar-refractivity contribution in [1.82, 2.24) is 4.98 Å². The highest BCUT2D eigenvalue weighted by molar-refractivity contribution is 5.93. The number of primary amides is 2. The first-order valence-corrected chi connectivity index (χ1v) is 4.59. The quantitative estimate of drug-likeness (QED) is 0.221. The van der Waals surface area contributed by atoms with E-state index in [4.69, 9.17) is 23.2 Å². The monoisotopic (exact) mass is 270 g/mol. The number of hydrogen-bond donors (Lipinski definition) is 4. The molecule has 12 nitrogen and oxygen atoms in total. The number of pyridine rings is 1. The van der Waals surface area contributed by atoms with E-state index >= 15 is 0 Å². The highest BCUT2D eigenvalue weighted by Gasteiger charge is 2.26. The molecular weight excluding hydrogens is 260 g/mol. The van der Waals surface area contributed by atoms with Crippen LogP contribution in [0.25, 0.3) is 0 Å². The second-order valence-electron chi connectivity index (χ2n) is 3.19. The van der Waals surface area contributed by atoms with Crippen LogP contribution in [0.1, 0.15) is 0 Å². The highest BCUT2D eigenvalue weighted by Crippen LogP contribution is 2.26. The molecule has 1 aromatic rings. The Hall–Kier alpha value is -2.99. The maximum absolute atomic E-state index is 10.9. The molecule has 0 saturated heterocycles. The maximum atomic E-state index is 10.9. The zero-order valence-corrected chi connectivity index (χ0v) is 9.39. The Morgan fingerprint density at radius 3 is 2.11 bits per heavy atom. The number of rotatable bonds is 3. The molecule has 1 heterocycles. The van der Waals surface area contributed by atoms with Gasteiger partial charge in [0, 0.05) is 6.07 Å². The largest absolute Gasteiger partial charge is 0.391 e. The Kier molecular flexibility index (Phi) is 3.79. The number of anilines is 2. The molecule has 102 valence electrons. The van der Waals surface area contributed by atoms with Gasteiger partial charge in [0.1, 0.15) is 0 Å². The van der Waals surface area contributed by atoms with Crippen molar-refractivity contribution in [3.63, 3.8) is 0 Å². The summed E-state index contributed by atoms with van der Waals surface area (Å²) in [6.07, 6.45) is 0. The van der Waals surface area contributed by atoms with Crippen LogP contribution in [0.2, 0.25) is 0 Å². The Balaban J connectivity index is 3.34. The Morgan fingerprint density at radius 1 is 1.16 bits per heavy atom. The first-order chi connectivity index (χ1) is 8.75. The predicted octanol–water partition coefficient (Wildman–Crippen LogP) is -1.49. The summed E-state index contributed by atoms with van der Waals surface area (Å²) in [5.74, 6) is 9.37. The molecule has 0 unspecified atom stereocenters. The molecule has 0 aliphatic carbocycles. The van der Waals surface area contributed by atoms with E-state index in [1.165, 1.54) is 0 Å². The molecule has 19 heavy (non-hydrogen) atoms. The number of hydrazine groups is 2. The molecule has 0 fully saturated rings. The average molecular weight is 270 g/mol. The van der Waals surface area contributed by atoms with Crippen molar-refractivity contribution in [3.05, 3.63) is 22.2 Å². The van der Waals surface area contributed by atoms with Gasteiger partial charge in [0.05, 0.1) is 0 Å². The topological polar surface area (TPSA) is 201 Å². The van der Waals surface area contributed by atoms with E-state index in [1.54, 1.807) is 0 Å². The minimum atomic E-state index is -1.13. The van der Waals surface area contributed by atoms with E-state index in [9.17, 15) is 19.7 Å². The average Bonchev–Trinajstić information content (AvgIpc) is 2.35. The van der Waals surface area contributed by atoms with Crippen LogP contribution < -0.4 is 33.2 Å². The van der Waals surface area contributed by atoms with Crippen LogP contribution in [-0.2, 0) is 0 Å². The van der Waals surface area contributed by atoms with Crippen LogP contribution in [0.5, 0.6) is 0 Å². The molecule has 4 amide bonds. The lowest BCUT2D eigenvalue weighted by Gasteiger charge is -2.14. The lowest BCUT2D eigenvalue weighted by Crippen LogP contribution is -2.43. The summed E-state index contributed by atoms with van der Waals surface area (Å²) in [5.41, 5.74) is 9.41. The molecule has 1 aromatic heterocycles. The molecule has 0 aromatic carbocycles. The Bertz CT molecular complexity index is 546. The van der Waals surface area contributed by atoms with E-state index in [0.717, 1.165) is 12.1 Å². The highest BCUT2D eigenvalue weighted by atomic mass is 16.6. The summed E-state index contributed by atoms with van der Waals surface area (Å²) in [6, 6.07) is -0.0459. The zero-order chi connectivity index (χ0) is 14.7. The van der Waals surface area contributed by atoms with Crippen molar-refractivity contribution in [2.45, 2.75) is 0 Å². The normalized spacial score (nSPS) is 9.79. The van der Waals surface area contributed by atoms with E-state index in [2.05, 4.69) is 4.98 Å². The van der Waals surface area contributed by atoms with Crippen LogP contribution in [0.15, 0.2) is 12.1 Å². The lowest BCUT2D eigenvalue weighted by molar-refractivity contribution is -0.388. The number of amides is 4. The molecular formula is C7H10N8O4. The van der Waals surface area contributed by atoms with Crippen LogP contribution in [-0.4, -0.2) is 22.0 Å². The van der Waals surface area contributed by atoms with Crippen LogP contribution in [0.3, 0.4) is 0 Å². The fourth-order valence-electron chi connectivity index (χ4n) is 1.12. The molecule has 0 radical (unpaired) electrons. The zero-order valence-electron chi connectivity index (χ0n) is 9.39. The Morgan fingerprint density at radius 2 is 1.68 bits per heavy atom. The van der Waals surface area contributed by atoms with Crippen LogP contribution in [0, 0.1) is 10.1 Å². The summed E-state index contributed by atoms with van der Waals surface area (Å²) < 4.78 is 0. The third-order valence-corrected chi connectivity index (χ3v) is 1.99. The lowest BCUT2D eigenvalue weighted by atomic mass is 10.3. The number of urea groups is 2. The van der Waals surface area contributed by atoms with Crippen molar-refractivity contribution in [1.29, 1.82) is 0 Å². The third kappa shape index (κ3) is 2.82. The molecule has 0 atom stereocenters. The van der Waals surface area contributed by atoms with Crippen molar-refractivity contribution in [3.8, 4) is 0 Å². The minimum Gasteiger partial charge on any atom is -0.358 e. The second-order valence-corrected chi connectivity index (χ2v) is 3.19. The van der Waals surface area contributed by atoms with Crippen LogP contribution in [0.4, 0.5) is 26.9 Å². The number of nitrogens with two attached hydrogens (primary N) is 4. The van der Waals surface area contributed by atoms with Gasteiger partial charge in [-0.3, -0.25) is 0 Å². The van der Waals surface area contributed by atoms with E-state index in [-0.39, 0.29) is 11.5 Å². The number of hydrogen-bond acceptors (Lipinski definition) is 7. The summed E-state index contributed by atoms with van der Waals surface area (Å²) in [6.45, 7) is 0. The number of nitro groups is 1. The van der Waals surface area contributed by atoms with Crippen molar-refractivity contribution in [2.24, 2.45) is 23.2 Å². The van der Waals surface area contributed by atoms with Crippen molar-refractivity contribution >= 4 is 29.4 Å². The summed E-state index contributed by atoms with van der Waals surface area (Å²) in [4.78, 5) is 35.1. The standard InChI is InChI=1S/C7H10N8O4/c8-6(16)13(10)3-1-2-4(14(11)7(9)17)12-5(3)15(18)19/h1-2H,10-11H2,(H2,8,16)(H2,9,17). The van der Waals surface area contributed by atoms with Gasteiger partial charge in [-0.15, -0.1) is 0 Å². The van der Waals surface area contributed by atoms with E-state index < -0.39 is 22.8 Å². The van der Waals surface area contributed by atoms with Gasteiger partial charge in [-0.2, -0.15) is 5.01 Å². The number of carbonyl (C=O) groups excluding carboxylic acids is 2. The molecule has 0 saturated carbocycles. The van der Waals surface area contributed by atoms with Gasteiger partial charge in [-0.05, 0) is 16.0 Å². The van der Waals surface area contributed by atoms with Gasteiger partial charge >= 0.3 is 17.9 Å². The third-order valence-electron chi connectivity index (χ3n) is 1.99. The van der Waals surface area contributed by atoms with Crippen molar-refractivity contribution in [2.75, 3.05) is 10.0 Å². The number of aromatic nitrogens is 1. The molecule has 8 N–H and O–H groups in total. The minimum absolute atomic E-state index is 0.291. The molecule has 0 aliphatic heterocycles. The van der Waals surface area contributed by atoms with E-state index in [0.29, 0.717) is 10.0 Å². The van der Waals surface area contributed by atoms with Gasteiger partial charge < -0.3 is 21.6 Å². The first-order valence-electron chi connectivity index (χ1n) is 4.59. The van der Waals surface area contributed by atoms with Gasteiger partial charge in [-0.1, -0.05) is 0 Å². The van der Waals surface area contributed by atoms with Gasteiger partial charge in [0.15, 0.2) is 5.69 Å². The SMILES string of the molecule is NC(=O)N(N)c1ccc(N(N)C(N)=O)c([N+](=O)[O-])n1. The maximum Gasteiger partial charge on any atom is 0.391 e. The molecule has 0 spiro atoms. The van der Waals surface area contributed by atoms with Gasteiger partial charge in [0.2, 0.25) is 0 Å². The Labute approximate surface area is 105 Å². The predicted molar refractivity (Wildman–Crippen MR) is 63.4 cm³/mol. The van der Waals surface area contributed by atoms with Gasteiger partial charge in [-0.25, -0.2) is 26.3 Å². The number of nitrogens with zero attached hydrogens (tertiary/aromatic N) is 4. The summed E-state index contributed by atoms with van der Waals surface area (Å²) in [5, 5.41) is 11.6. The molecule has 1 rings (SSSR count).